The van der Waals surface area contributed by atoms with E-state index in [9.17, 15) is 4.79 Å². The molecule has 0 amide bonds. The van der Waals surface area contributed by atoms with Crippen molar-refractivity contribution in [2.75, 3.05) is 13.2 Å². The normalized spacial score (nSPS) is 10.6. The molecule has 0 unspecified atom stereocenters. The van der Waals surface area contributed by atoms with Gasteiger partial charge < -0.3 is 9.84 Å². The molecule has 1 heterocycles. The standard InChI is InChI=1S/C10H16N4O3/c1-7(2)10(16)17-6-4-9-13-11-8(3-5-15)12-14-9/h7,15H,3-6H2,1-2H3. The van der Waals surface area contributed by atoms with Crippen molar-refractivity contribution < 1.29 is 14.6 Å². The van der Waals surface area contributed by atoms with Crippen molar-refractivity contribution in [1.82, 2.24) is 20.4 Å². The maximum Gasteiger partial charge on any atom is 0.308 e. The molecule has 0 aliphatic rings. The van der Waals surface area contributed by atoms with Crippen LogP contribution in [-0.2, 0) is 22.4 Å². The first-order valence-electron chi connectivity index (χ1n) is 5.46. The first-order valence-corrected chi connectivity index (χ1v) is 5.46. The maximum atomic E-state index is 11.2. The van der Waals surface area contributed by atoms with Gasteiger partial charge in [0.1, 0.15) is 0 Å². The number of aliphatic hydroxyl groups excluding tert-OH is 1. The number of hydrogen-bond acceptors (Lipinski definition) is 7. The van der Waals surface area contributed by atoms with E-state index in [4.69, 9.17) is 9.84 Å². The zero-order chi connectivity index (χ0) is 12.7. The van der Waals surface area contributed by atoms with Gasteiger partial charge in [-0.25, -0.2) is 0 Å². The smallest absolute Gasteiger partial charge is 0.308 e. The molecule has 0 aliphatic carbocycles. The predicted molar refractivity (Wildman–Crippen MR) is 57.9 cm³/mol. The van der Waals surface area contributed by atoms with Gasteiger partial charge in [0, 0.05) is 12.8 Å². The molecule has 0 radical (unpaired) electrons. The highest BCUT2D eigenvalue weighted by atomic mass is 16.5. The number of carbonyl (C=O) groups excluding carboxylic acids is 1. The summed E-state index contributed by atoms with van der Waals surface area (Å²) in [6.07, 6.45) is 0.723. The summed E-state index contributed by atoms with van der Waals surface area (Å²) in [6, 6.07) is 0. The van der Waals surface area contributed by atoms with Crippen LogP contribution in [-0.4, -0.2) is 44.7 Å². The van der Waals surface area contributed by atoms with Gasteiger partial charge >= 0.3 is 5.97 Å². The zero-order valence-corrected chi connectivity index (χ0v) is 9.96. The summed E-state index contributed by atoms with van der Waals surface area (Å²) in [5, 5.41) is 23.8. The molecule has 0 bridgehead atoms. The molecule has 0 spiro atoms. The van der Waals surface area contributed by atoms with Gasteiger partial charge in [0.15, 0.2) is 11.6 Å². The molecular weight excluding hydrogens is 224 g/mol. The fraction of sp³-hybridized carbons (Fsp3) is 0.700. The quantitative estimate of drug-likeness (QED) is 0.672. The Kier molecular flexibility index (Phi) is 5.41. The molecule has 0 saturated heterocycles. The summed E-state index contributed by atoms with van der Waals surface area (Å²) in [5.41, 5.74) is 0. The minimum absolute atomic E-state index is 0.0330. The Balaban J connectivity index is 2.34. The van der Waals surface area contributed by atoms with E-state index in [0.717, 1.165) is 0 Å². The maximum absolute atomic E-state index is 11.2. The Hall–Kier alpha value is -1.63. The summed E-state index contributed by atoms with van der Waals surface area (Å²) >= 11 is 0. The summed E-state index contributed by atoms with van der Waals surface area (Å²) in [6.45, 7) is 3.73. The molecule has 17 heavy (non-hydrogen) atoms. The van der Waals surface area contributed by atoms with Crippen LogP contribution in [0.5, 0.6) is 0 Å². The number of nitrogens with zero attached hydrogens (tertiary/aromatic N) is 4. The molecular formula is C10H16N4O3. The van der Waals surface area contributed by atoms with Gasteiger partial charge in [0.05, 0.1) is 19.1 Å². The average molecular weight is 240 g/mol. The predicted octanol–water partition coefficient (Wildman–Crippen LogP) is -0.457. The van der Waals surface area contributed by atoms with E-state index in [1.165, 1.54) is 0 Å². The van der Waals surface area contributed by atoms with E-state index in [2.05, 4.69) is 20.4 Å². The molecule has 0 aliphatic heterocycles. The number of aliphatic hydroxyl groups is 1. The van der Waals surface area contributed by atoms with E-state index < -0.39 is 0 Å². The lowest BCUT2D eigenvalue weighted by atomic mass is 10.2. The number of carbonyl (C=O) groups is 1. The molecule has 1 aromatic heterocycles. The van der Waals surface area contributed by atoms with Crippen LogP contribution in [0.25, 0.3) is 0 Å². The van der Waals surface area contributed by atoms with E-state index in [1.54, 1.807) is 13.8 Å². The molecule has 7 heteroatoms. The third kappa shape index (κ3) is 4.81. The van der Waals surface area contributed by atoms with Crippen molar-refractivity contribution in [2.45, 2.75) is 26.7 Å². The van der Waals surface area contributed by atoms with Gasteiger partial charge in [-0.1, -0.05) is 13.8 Å². The Labute approximate surface area is 99.2 Å². The van der Waals surface area contributed by atoms with Crippen LogP contribution >= 0.6 is 0 Å². The molecule has 1 rings (SSSR count). The Bertz CT molecular complexity index is 353. The second-order valence-electron chi connectivity index (χ2n) is 3.78. The van der Waals surface area contributed by atoms with Crippen molar-refractivity contribution >= 4 is 5.97 Å². The molecule has 0 saturated carbocycles. The van der Waals surface area contributed by atoms with Crippen LogP contribution in [0.2, 0.25) is 0 Å². The first kappa shape index (κ1) is 13.4. The van der Waals surface area contributed by atoms with Crippen LogP contribution in [0.1, 0.15) is 25.5 Å². The van der Waals surface area contributed by atoms with E-state index >= 15 is 0 Å². The van der Waals surface area contributed by atoms with Crippen molar-refractivity contribution in [3.63, 3.8) is 0 Å². The second-order valence-corrected chi connectivity index (χ2v) is 3.78. The van der Waals surface area contributed by atoms with Crippen molar-refractivity contribution in [2.24, 2.45) is 5.92 Å². The minimum Gasteiger partial charge on any atom is -0.465 e. The third-order valence-electron chi connectivity index (χ3n) is 1.94. The average Bonchev–Trinajstić information content (AvgIpc) is 2.31. The lowest BCUT2D eigenvalue weighted by molar-refractivity contribution is -0.147. The summed E-state index contributed by atoms with van der Waals surface area (Å²) in [4.78, 5) is 11.2. The Morgan fingerprint density at radius 1 is 1.18 bits per heavy atom. The summed E-state index contributed by atoms with van der Waals surface area (Å²) in [5.74, 6) is 0.431. The number of aromatic nitrogens is 4. The van der Waals surface area contributed by atoms with Gasteiger partial charge in [-0.3, -0.25) is 4.79 Å². The second kappa shape index (κ2) is 6.85. The number of rotatable bonds is 6. The van der Waals surface area contributed by atoms with E-state index in [0.29, 0.717) is 24.5 Å². The van der Waals surface area contributed by atoms with Gasteiger partial charge in [-0.05, 0) is 0 Å². The van der Waals surface area contributed by atoms with Crippen LogP contribution in [0.15, 0.2) is 0 Å². The van der Waals surface area contributed by atoms with Crippen LogP contribution in [0.4, 0.5) is 0 Å². The number of esters is 1. The monoisotopic (exact) mass is 240 g/mol. The Morgan fingerprint density at radius 2 is 1.71 bits per heavy atom. The number of hydrogen-bond donors (Lipinski definition) is 1. The van der Waals surface area contributed by atoms with Crippen LogP contribution in [0.3, 0.4) is 0 Å². The molecule has 0 atom stereocenters. The lowest BCUT2D eigenvalue weighted by Gasteiger charge is -2.05. The zero-order valence-electron chi connectivity index (χ0n) is 9.96. The van der Waals surface area contributed by atoms with Gasteiger partial charge in [-0.2, -0.15) is 0 Å². The highest BCUT2D eigenvalue weighted by Gasteiger charge is 2.08. The Morgan fingerprint density at radius 3 is 2.18 bits per heavy atom. The van der Waals surface area contributed by atoms with Crippen LogP contribution < -0.4 is 0 Å². The van der Waals surface area contributed by atoms with Crippen molar-refractivity contribution in [1.29, 1.82) is 0 Å². The first-order chi connectivity index (χ1) is 8.13. The summed E-state index contributed by atoms with van der Waals surface area (Å²) in [7, 11) is 0. The molecule has 0 fully saturated rings. The minimum atomic E-state index is -0.247. The molecule has 0 aromatic carbocycles. The van der Waals surface area contributed by atoms with Gasteiger partial charge in [0.2, 0.25) is 0 Å². The third-order valence-corrected chi connectivity index (χ3v) is 1.94. The molecule has 7 nitrogen and oxygen atoms in total. The molecule has 1 aromatic rings. The summed E-state index contributed by atoms with van der Waals surface area (Å²) < 4.78 is 4.97. The number of ether oxygens (including phenoxy) is 1. The topological polar surface area (TPSA) is 98.1 Å². The highest BCUT2D eigenvalue weighted by Crippen LogP contribution is 1.97. The highest BCUT2D eigenvalue weighted by molar-refractivity contribution is 5.71. The SMILES string of the molecule is CC(C)C(=O)OCCc1nnc(CCO)nn1. The van der Waals surface area contributed by atoms with E-state index in [-0.39, 0.29) is 25.1 Å². The van der Waals surface area contributed by atoms with Gasteiger partial charge in [-0.15, -0.1) is 20.4 Å². The fourth-order valence-corrected chi connectivity index (χ4v) is 0.980. The van der Waals surface area contributed by atoms with Gasteiger partial charge in [0.25, 0.3) is 0 Å². The molecule has 1 N–H and O–H groups in total. The largest absolute Gasteiger partial charge is 0.465 e. The van der Waals surface area contributed by atoms with Crippen molar-refractivity contribution in [3.8, 4) is 0 Å². The van der Waals surface area contributed by atoms with E-state index in [1.807, 2.05) is 0 Å². The fourth-order valence-electron chi connectivity index (χ4n) is 0.980. The lowest BCUT2D eigenvalue weighted by Crippen LogP contribution is -2.15. The molecule has 94 valence electrons. The van der Waals surface area contributed by atoms with Crippen molar-refractivity contribution in [3.05, 3.63) is 11.6 Å². The van der Waals surface area contributed by atoms with Crippen LogP contribution in [0, 0.1) is 5.92 Å².